The number of carbonyl (C=O) groups is 2. The van der Waals surface area contributed by atoms with Crippen LogP contribution in [0, 0.1) is 11.5 Å². The van der Waals surface area contributed by atoms with Gasteiger partial charge in [0.2, 0.25) is 0 Å². The van der Waals surface area contributed by atoms with Crippen molar-refractivity contribution in [3.8, 4) is 17.7 Å². The van der Waals surface area contributed by atoms with Crippen molar-refractivity contribution in [2.75, 3.05) is 30.0 Å². The normalized spacial score (nSPS) is 17.1. The van der Waals surface area contributed by atoms with Crippen LogP contribution in [0.5, 0.6) is 11.5 Å². The highest BCUT2D eigenvalue weighted by atomic mass is 16.6. The van der Waals surface area contributed by atoms with E-state index in [-0.39, 0.29) is 11.3 Å². The summed E-state index contributed by atoms with van der Waals surface area (Å²) < 4.78 is 11.3. The highest BCUT2D eigenvalue weighted by Crippen LogP contribution is 2.36. The van der Waals surface area contributed by atoms with E-state index in [1.807, 2.05) is 24.3 Å². The lowest BCUT2D eigenvalue weighted by atomic mass is 9.87. The second-order valence-corrected chi connectivity index (χ2v) is 11.0. The first kappa shape index (κ1) is 27.0. The topological polar surface area (TPSA) is 108 Å². The maximum Gasteiger partial charge on any atom is 0.252 e. The standard InChI is InChI=1S/C31H33N5O4/c1-31(2,3)22-8-11-24(12-9-22)36(30(38)25-7-5-15-35(25)20-32)28(21-6-4-14-33-19-21)29(37)34-23-10-13-26-27(18-23)40-17-16-39-26/h4,6,8-14,18-19,25,28H,5,7,15-17H2,1-3H3,(H,34,37). The molecule has 40 heavy (non-hydrogen) atoms. The number of amides is 2. The van der Waals surface area contributed by atoms with Gasteiger partial charge in [-0.05, 0) is 54.2 Å². The van der Waals surface area contributed by atoms with Gasteiger partial charge in [-0.25, -0.2) is 0 Å². The van der Waals surface area contributed by atoms with Crippen LogP contribution in [0.15, 0.2) is 67.0 Å². The summed E-state index contributed by atoms with van der Waals surface area (Å²) in [7, 11) is 0. The molecule has 2 amide bonds. The summed E-state index contributed by atoms with van der Waals surface area (Å²) >= 11 is 0. The number of nitriles is 1. The Labute approximate surface area is 234 Å². The number of benzene rings is 2. The van der Waals surface area contributed by atoms with E-state index < -0.39 is 18.0 Å². The molecule has 0 aliphatic carbocycles. The lowest BCUT2D eigenvalue weighted by molar-refractivity contribution is -0.126. The highest BCUT2D eigenvalue weighted by molar-refractivity contribution is 6.07. The summed E-state index contributed by atoms with van der Waals surface area (Å²) in [5.74, 6) is 0.429. The fraction of sp³-hybridized carbons (Fsp3) is 0.355. The Morgan fingerprint density at radius 1 is 1.10 bits per heavy atom. The molecule has 2 aliphatic rings. The monoisotopic (exact) mass is 539 g/mol. The smallest absolute Gasteiger partial charge is 0.252 e. The Hall–Kier alpha value is -4.58. The Morgan fingerprint density at radius 3 is 2.52 bits per heavy atom. The Bertz CT molecular complexity index is 1410. The van der Waals surface area contributed by atoms with Crippen LogP contribution in [0.3, 0.4) is 0 Å². The van der Waals surface area contributed by atoms with Gasteiger partial charge in [0.25, 0.3) is 11.8 Å². The number of rotatable bonds is 6. The van der Waals surface area contributed by atoms with Crippen molar-refractivity contribution in [1.29, 1.82) is 5.26 Å². The van der Waals surface area contributed by atoms with Crippen molar-refractivity contribution in [2.45, 2.75) is 51.1 Å². The van der Waals surface area contributed by atoms with E-state index in [0.717, 1.165) is 12.0 Å². The molecule has 5 rings (SSSR count). The van der Waals surface area contributed by atoms with Crippen molar-refractivity contribution in [3.05, 3.63) is 78.1 Å². The van der Waals surface area contributed by atoms with Crippen LogP contribution in [-0.2, 0) is 15.0 Å². The first-order valence-electron chi connectivity index (χ1n) is 13.5. The third kappa shape index (κ3) is 5.57. The summed E-state index contributed by atoms with van der Waals surface area (Å²) in [5.41, 5.74) is 2.63. The molecule has 9 nitrogen and oxygen atoms in total. The zero-order chi connectivity index (χ0) is 28.3. The van der Waals surface area contributed by atoms with Gasteiger partial charge in [0, 0.05) is 41.9 Å². The van der Waals surface area contributed by atoms with Crippen LogP contribution in [0.25, 0.3) is 0 Å². The summed E-state index contributed by atoms with van der Waals surface area (Å²) in [6.45, 7) is 7.75. The van der Waals surface area contributed by atoms with Gasteiger partial charge in [-0.15, -0.1) is 0 Å². The lowest BCUT2D eigenvalue weighted by Crippen LogP contribution is -2.49. The molecule has 0 radical (unpaired) electrons. The zero-order valence-electron chi connectivity index (χ0n) is 23.0. The van der Waals surface area contributed by atoms with E-state index in [4.69, 9.17) is 9.47 Å². The molecule has 206 valence electrons. The second kappa shape index (κ2) is 11.3. The van der Waals surface area contributed by atoms with Crippen LogP contribution in [0.1, 0.15) is 50.8 Å². The molecule has 1 fully saturated rings. The SMILES string of the molecule is CC(C)(C)c1ccc(N(C(=O)C2CCCN2C#N)C(C(=O)Nc2ccc3c(c2)OCCO3)c2cccnc2)cc1. The number of fused-ring (bicyclic) bond motifs is 1. The van der Waals surface area contributed by atoms with Gasteiger partial charge in [0.1, 0.15) is 25.3 Å². The molecule has 0 saturated carbocycles. The minimum atomic E-state index is -1.05. The molecule has 3 heterocycles. The molecule has 3 aromatic rings. The quantitative estimate of drug-likeness (QED) is 0.448. The predicted octanol–water partition coefficient (Wildman–Crippen LogP) is 4.81. The Kier molecular flexibility index (Phi) is 7.60. The van der Waals surface area contributed by atoms with Crippen LogP contribution in [-0.4, -0.2) is 47.5 Å². The largest absolute Gasteiger partial charge is 0.486 e. The third-order valence-electron chi connectivity index (χ3n) is 7.23. The summed E-state index contributed by atoms with van der Waals surface area (Å²) in [5, 5.41) is 12.7. The number of aromatic nitrogens is 1. The summed E-state index contributed by atoms with van der Waals surface area (Å²) in [4.78, 5) is 35.6. The van der Waals surface area contributed by atoms with Gasteiger partial charge < -0.3 is 14.8 Å². The van der Waals surface area contributed by atoms with E-state index in [2.05, 4.69) is 37.3 Å². The van der Waals surface area contributed by atoms with Gasteiger partial charge in [-0.3, -0.25) is 24.4 Å². The van der Waals surface area contributed by atoms with Crippen molar-refractivity contribution in [1.82, 2.24) is 9.88 Å². The van der Waals surface area contributed by atoms with Gasteiger partial charge in [-0.1, -0.05) is 39.0 Å². The van der Waals surface area contributed by atoms with Crippen molar-refractivity contribution in [2.24, 2.45) is 0 Å². The average molecular weight is 540 g/mol. The van der Waals surface area contributed by atoms with Crippen LogP contribution in [0.4, 0.5) is 11.4 Å². The van der Waals surface area contributed by atoms with Crippen LogP contribution >= 0.6 is 0 Å². The molecular formula is C31H33N5O4. The molecule has 2 unspecified atom stereocenters. The number of likely N-dealkylation sites (tertiary alicyclic amines) is 1. The van der Waals surface area contributed by atoms with Gasteiger partial charge >= 0.3 is 0 Å². The summed E-state index contributed by atoms with van der Waals surface area (Å²) in [6, 6.07) is 14.7. The van der Waals surface area contributed by atoms with Crippen LogP contribution in [0.2, 0.25) is 0 Å². The average Bonchev–Trinajstić information content (AvgIpc) is 3.45. The molecule has 0 bridgehead atoms. The Balaban J connectivity index is 1.57. The Morgan fingerprint density at radius 2 is 1.85 bits per heavy atom. The van der Waals surface area contributed by atoms with Crippen molar-refractivity contribution < 1.29 is 19.1 Å². The summed E-state index contributed by atoms with van der Waals surface area (Å²) in [6.07, 6.45) is 6.63. The minimum Gasteiger partial charge on any atom is -0.486 e. The van der Waals surface area contributed by atoms with E-state index >= 15 is 0 Å². The predicted molar refractivity (Wildman–Crippen MR) is 151 cm³/mol. The molecule has 2 aromatic carbocycles. The number of pyridine rings is 1. The fourth-order valence-corrected chi connectivity index (χ4v) is 5.12. The number of nitrogens with one attached hydrogen (secondary N) is 1. The van der Waals surface area contributed by atoms with Crippen LogP contribution < -0.4 is 19.7 Å². The molecule has 2 atom stereocenters. The molecule has 1 saturated heterocycles. The molecular weight excluding hydrogens is 506 g/mol. The van der Waals surface area contributed by atoms with E-state index in [0.29, 0.717) is 54.6 Å². The first-order valence-corrected chi connectivity index (χ1v) is 13.5. The molecule has 2 aliphatic heterocycles. The van der Waals surface area contributed by atoms with E-state index in [1.54, 1.807) is 42.7 Å². The minimum absolute atomic E-state index is 0.0885. The van der Waals surface area contributed by atoms with Crippen molar-refractivity contribution in [3.63, 3.8) is 0 Å². The van der Waals surface area contributed by atoms with Crippen molar-refractivity contribution >= 4 is 23.2 Å². The maximum atomic E-state index is 14.3. The molecule has 1 aromatic heterocycles. The van der Waals surface area contributed by atoms with E-state index in [1.165, 1.54) is 9.80 Å². The zero-order valence-corrected chi connectivity index (χ0v) is 23.0. The molecule has 0 spiro atoms. The van der Waals surface area contributed by atoms with Gasteiger partial charge in [0.15, 0.2) is 17.7 Å². The molecule has 9 heteroatoms. The number of nitrogens with zero attached hydrogens (tertiary/aromatic N) is 4. The fourth-order valence-electron chi connectivity index (χ4n) is 5.12. The number of carbonyl (C=O) groups excluding carboxylic acids is 2. The first-order chi connectivity index (χ1) is 19.3. The van der Waals surface area contributed by atoms with Gasteiger partial charge in [0.05, 0.1) is 0 Å². The second-order valence-electron chi connectivity index (χ2n) is 11.0. The molecule has 1 N–H and O–H groups in total. The number of hydrogen-bond acceptors (Lipinski definition) is 7. The third-order valence-corrected chi connectivity index (χ3v) is 7.23. The number of hydrogen-bond donors (Lipinski definition) is 1. The number of anilines is 2. The maximum absolute atomic E-state index is 14.3. The highest BCUT2D eigenvalue weighted by Gasteiger charge is 2.40. The number of ether oxygens (including phenoxy) is 2. The van der Waals surface area contributed by atoms with E-state index in [9.17, 15) is 14.9 Å². The van der Waals surface area contributed by atoms with Gasteiger partial charge in [-0.2, -0.15) is 5.26 Å². The lowest BCUT2D eigenvalue weighted by Gasteiger charge is -2.34.